The first-order valence-electron chi connectivity index (χ1n) is 4.63. The Bertz CT molecular complexity index is 213. The third kappa shape index (κ3) is 3.21. The maximum atomic E-state index is 11.2. The molecule has 0 spiro atoms. The van der Waals surface area contributed by atoms with Gasteiger partial charge in [0.25, 0.3) is 0 Å². The molecule has 1 heterocycles. The molecule has 1 saturated heterocycles. The van der Waals surface area contributed by atoms with Gasteiger partial charge in [0.05, 0.1) is 0 Å². The molecule has 1 amide bonds. The van der Waals surface area contributed by atoms with Crippen molar-refractivity contribution in [3.63, 3.8) is 0 Å². The molecule has 0 saturated carbocycles. The summed E-state index contributed by atoms with van der Waals surface area (Å²) in [6, 6.07) is -0.343. The molecule has 0 aromatic heterocycles. The fourth-order valence-electron chi connectivity index (χ4n) is 1.20. The van der Waals surface area contributed by atoms with Crippen molar-refractivity contribution < 1.29 is 19.4 Å². The quantitative estimate of drug-likeness (QED) is 0.484. The van der Waals surface area contributed by atoms with E-state index in [1.54, 1.807) is 6.92 Å². The van der Waals surface area contributed by atoms with Crippen LogP contribution in [0.1, 0.15) is 19.8 Å². The lowest BCUT2D eigenvalue weighted by Crippen LogP contribution is -2.34. The van der Waals surface area contributed by atoms with Gasteiger partial charge in [-0.2, -0.15) is 0 Å². The molecule has 0 unspecified atom stereocenters. The maximum Gasteiger partial charge on any atom is 0.450 e. The molecule has 0 aliphatic carbocycles. The van der Waals surface area contributed by atoms with Crippen molar-refractivity contribution in [3.05, 3.63) is 0 Å². The lowest BCUT2D eigenvalue weighted by atomic mass is 10.2. The summed E-state index contributed by atoms with van der Waals surface area (Å²) < 4.78 is 0. The summed E-state index contributed by atoms with van der Waals surface area (Å²) in [5, 5.41) is 5.26. The first-order valence-corrected chi connectivity index (χ1v) is 4.63. The Kier molecular flexibility index (Phi) is 4.18. The highest BCUT2D eigenvalue weighted by Gasteiger charge is 2.25. The molecule has 6 nitrogen and oxygen atoms in total. The van der Waals surface area contributed by atoms with Gasteiger partial charge in [-0.1, -0.05) is 0 Å². The number of rotatable bonds is 2. The fraction of sp³-hybridized carbons (Fsp3) is 0.750. The highest BCUT2D eigenvalue weighted by atomic mass is 17.2. The molecule has 0 aromatic rings. The molecule has 2 N–H and O–H groups in total. The van der Waals surface area contributed by atoms with Crippen LogP contribution >= 0.6 is 0 Å². The van der Waals surface area contributed by atoms with E-state index < -0.39 is 12.1 Å². The van der Waals surface area contributed by atoms with E-state index in [1.165, 1.54) is 0 Å². The van der Waals surface area contributed by atoms with E-state index in [0.29, 0.717) is 6.54 Å². The van der Waals surface area contributed by atoms with Crippen molar-refractivity contribution in [2.24, 2.45) is 0 Å². The number of amides is 1. The Morgan fingerprint density at radius 1 is 1.50 bits per heavy atom. The fourth-order valence-corrected chi connectivity index (χ4v) is 1.20. The Morgan fingerprint density at radius 3 is 2.86 bits per heavy atom. The van der Waals surface area contributed by atoms with Crippen LogP contribution in [0.3, 0.4) is 0 Å². The molecule has 1 rings (SSSR count). The zero-order chi connectivity index (χ0) is 10.4. The minimum Gasteiger partial charge on any atom is -0.319 e. The Labute approximate surface area is 81.9 Å². The number of nitrogens with one attached hydrogen (secondary N) is 2. The van der Waals surface area contributed by atoms with Gasteiger partial charge < -0.3 is 10.6 Å². The van der Waals surface area contributed by atoms with Crippen molar-refractivity contribution in [2.75, 3.05) is 13.1 Å². The SMILES string of the molecule is CCNC(=O)OOC(=O)[C@@H]1CCCN1. The Morgan fingerprint density at radius 2 is 2.29 bits per heavy atom. The van der Waals surface area contributed by atoms with Crippen LogP contribution in [-0.2, 0) is 14.6 Å². The van der Waals surface area contributed by atoms with E-state index >= 15 is 0 Å². The number of carbonyl (C=O) groups excluding carboxylic acids is 2. The normalized spacial score (nSPS) is 20.2. The molecular formula is C8H14N2O4. The van der Waals surface area contributed by atoms with Gasteiger partial charge in [0, 0.05) is 6.54 Å². The Balaban J connectivity index is 2.17. The van der Waals surface area contributed by atoms with E-state index in [-0.39, 0.29) is 6.04 Å². The molecule has 0 radical (unpaired) electrons. The van der Waals surface area contributed by atoms with E-state index in [0.717, 1.165) is 19.4 Å². The summed E-state index contributed by atoms with van der Waals surface area (Å²) in [4.78, 5) is 30.4. The van der Waals surface area contributed by atoms with Crippen LogP contribution in [0.25, 0.3) is 0 Å². The highest BCUT2D eigenvalue weighted by Crippen LogP contribution is 2.06. The molecule has 14 heavy (non-hydrogen) atoms. The molecule has 0 bridgehead atoms. The summed E-state index contributed by atoms with van der Waals surface area (Å²) >= 11 is 0. The summed E-state index contributed by atoms with van der Waals surface area (Å²) in [6.07, 6.45) is 0.900. The molecule has 1 atom stereocenters. The molecule has 0 aromatic carbocycles. The standard InChI is InChI=1S/C8H14N2O4/c1-2-9-8(12)14-13-7(11)6-4-3-5-10-6/h6,10H,2-5H2,1H3,(H,9,12)/t6-/m0/s1. The van der Waals surface area contributed by atoms with Gasteiger partial charge in [-0.05, 0) is 26.3 Å². The van der Waals surface area contributed by atoms with Gasteiger partial charge in [-0.15, -0.1) is 0 Å². The van der Waals surface area contributed by atoms with Crippen LogP contribution in [0, 0.1) is 0 Å². The first kappa shape index (κ1) is 10.8. The Hall–Kier alpha value is -1.30. The van der Waals surface area contributed by atoms with Gasteiger partial charge >= 0.3 is 12.1 Å². The lowest BCUT2D eigenvalue weighted by Gasteiger charge is -2.07. The lowest BCUT2D eigenvalue weighted by molar-refractivity contribution is -0.234. The van der Waals surface area contributed by atoms with Gasteiger partial charge in [0.1, 0.15) is 6.04 Å². The summed E-state index contributed by atoms with van der Waals surface area (Å²) in [7, 11) is 0. The van der Waals surface area contributed by atoms with Crippen molar-refractivity contribution in [1.82, 2.24) is 10.6 Å². The first-order chi connectivity index (χ1) is 6.74. The van der Waals surface area contributed by atoms with Crippen LogP contribution in [-0.4, -0.2) is 31.2 Å². The van der Waals surface area contributed by atoms with Crippen molar-refractivity contribution in [1.29, 1.82) is 0 Å². The highest BCUT2D eigenvalue weighted by molar-refractivity contribution is 5.76. The second-order valence-corrected chi connectivity index (χ2v) is 2.95. The van der Waals surface area contributed by atoms with Crippen molar-refractivity contribution >= 4 is 12.1 Å². The number of hydrogen-bond acceptors (Lipinski definition) is 5. The van der Waals surface area contributed by atoms with Gasteiger partial charge in [-0.25, -0.2) is 19.4 Å². The predicted molar refractivity (Wildman–Crippen MR) is 47.3 cm³/mol. The zero-order valence-electron chi connectivity index (χ0n) is 8.04. The molecule has 1 aliphatic heterocycles. The monoisotopic (exact) mass is 202 g/mol. The van der Waals surface area contributed by atoms with E-state index in [2.05, 4.69) is 20.4 Å². The van der Waals surface area contributed by atoms with E-state index in [9.17, 15) is 9.59 Å². The second-order valence-electron chi connectivity index (χ2n) is 2.95. The minimum absolute atomic E-state index is 0.343. The average Bonchev–Trinajstić information content (AvgIpc) is 2.67. The van der Waals surface area contributed by atoms with Crippen LogP contribution < -0.4 is 10.6 Å². The van der Waals surface area contributed by atoms with Gasteiger partial charge in [-0.3, -0.25) is 0 Å². The average molecular weight is 202 g/mol. The minimum atomic E-state index is -0.751. The third-order valence-corrected chi connectivity index (χ3v) is 1.87. The van der Waals surface area contributed by atoms with Crippen LogP contribution in [0.4, 0.5) is 4.79 Å². The van der Waals surface area contributed by atoms with E-state index in [4.69, 9.17) is 0 Å². The van der Waals surface area contributed by atoms with Crippen molar-refractivity contribution in [3.8, 4) is 0 Å². The maximum absolute atomic E-state index is 11.2. The number of hydrogen-bond donors (Lipinski definition) is 2. The molecule has 80 valence electrons. The van der Waals surface area contributed by atoms with Crippen LogP contribution in [0.15, 0.2) is 0 Å². The van der Waals surface area contributed by atoms with Crippen LogP contribution in [0.2, 0.25) is 0 Å². The van der Waals surface area contributed by atoms with Gasteiger partial charge in [0.2, 0.25) is 0 Å². The molecular weight excluding hydrogens is 188 g/mol. The smallest absolute Gasteiger partial charge is 0.319 e. The third-order valence-electron chi connectivity index (χ3n) is 1.87. The summed E-state index contributed by atoms with van der Waals surface area (Å²) in [6.45, 7) is 2.96. The van der Waals surface area contributed by atoms with E-state index in [1.807, 2.05) is 0 Å². The summed E-state index contributed by atoms with van der Waals surface area (Å²) in [5.41, 5.74) is 0. The topological polar surface area (TPSA) is 76.7 Å². The van der Waals surface area contributed by atoms with Crippen LogP contribution in [0.5, 0.6) is 0 Å². The largest absolute Gasteiger partial charge is 0.450 e. The zero-order valence-corrected chi connectivity index (χ0v) is 8.04. The van der Waals surface area contributed by atoms with Crippen molar-refractivity contribution in [2.45, 2.75) is 25.8 Å². The molecule has 6 heteroatoms. The number of carbonyl (C=O) groups is 2. The molecule has 1 fully saturated rings. The molecule has 1 aliphatic rings. The van der Waals surface area contributed by atoms with Gasteiger partial charge in [0.15, 0.2) is 0 Å². The summed E-state index contributed by atoms with van der Waals surface area (Å²) in [5.74, 6) is -0.547. The predicted octanol–water partition coefficient (Wildman–Crippen LogP) is -0.0573. The second kappa shape index (κ2) is 5.43.